The summed E-state index contributed by atoms with van der Waals surface area (Å²) in [5.41, 5.74) is -1.02. The summed E-state index contributed by atoms with van der Waals surface area (Å²) in [5, 5.41) is 13.6. The van der Waals surface area contributed by atoms with Gasteiger partial charge in [-0.05, 0) is 42.3 Å². The number of rotatable bonds is 7. The molecule has 1 heterocycles. The molecule has 3 aromatic carbocycles. The van der Waals surface area contributed by atoms with Gasteiger partial charge in [0.25, 0.3) is 5.91 Å². The number of anilines is 1. The lowest BCUT2D eigenvalue weighted by Crippen LogP contribution is -2.42. The van der Waals surface area contributed by atoms with Crippen LogP contribution in [0.5, 0.6) is 5.75 Å². The lowest BCUT2D eigenvalue weighted by atomic mass is 9.90. The van der Waals surface area contributed by atoms with Crippen LogP contribution in [-0.2, 0) is 15.2 Å². The number of hydrogen-bond donors (Lipinski definition) is 1. The van der Waals surface area contributed by atoms with Crippen molar-refractivity contribution < 1.29 is 19.4 Å². The van der Waals surface area contributed by atoms with Gasteiger partial charge in [-0.2, -0.15) is 0 Å². The van der Waals surface area contributed by atoms with Crippen molar-refractivity contribution in [1.82, 2.24) is 0 Å². The molecule has 0 fully saturated rings. The summed E-state index contributed by atoms with van der Waals surface area (Å²) in [5.74, 6) is -0.0299. The number of hydrogen-bond acceptors (Lipinski definition) is 4. The zero-order valence-corrected chi connectivity index (χ0v) is 17.4. The first-order chi connectivity index (χ1) is 14.4. The van der Waals surface area contributed by atoms with Gasteiger partial charge < -0.3 is 14.7 Å². The van der Waals surface area contributed by atoms with Crippen molar-refractivity contribution in [1.29, 1.82) is 0 Å². The predicted molar refractivity (Wildman–Crippen MR) is 117 cm³/mol. The van der Waals surface area contributed by atoms with Crippen molar-refractivity contribution in [2.24, 2.45) is 0 Å². The van der Waals surface area contributed by atoms with Crippen molar-refractivity contribution in [3.05, 3.63) is 71.2 Å². The minimum atomic E-state index is -1.87. The molecule has 3 aromatic rings. The molecule has 0 saturated heterocycles. The van der Waals surface area contributed by atoms with Gasteiger partial charge in [0.15, 0.2) is 5.60 Å². The summed E-state index contributed by atoms with van der Waals surface area (Å²) in [6.07, 6.45) is 0.267. The average Bonchev–Trinajstić information content (AvgIpc) is 2.93. The van der Waals surface area contributed by atoms with Crippen LogP contribution in [0.2, 0.25) is 5.02 Å². The van der Waals surface area contributed by atoms with Crippen molar-refractivity contribution in [3.8, 4) is 5.75 Å². The second-order valence-corrected chi connectivity index (χ2v) is 7.95. The summed E-state index contributed by atoms with van der Waals surface area (Å²) < 4.78 is 5.86. The lowest BCUT2D eigenvalue weighted by Gasteiger charge is -2.22. The summed E-state index contributed by atoms with van der Waals surface area (Å²) in [7, 11) is 0. The molecule has 1 aliphatic heterocycles. The molecule has 0 aromatic heterocycles. The van der Waals surface area contributed by atoms with E-state index in [9.17, 15) is 14.7 Å². The number of para-hydroxylation sites is 1. The van der Waals surface area contributed by atoms with Gasteiger partial charge in [-0.25, -0.2) is 0 Å². The third-order valence-corrected chi connectivity index (χ3v) is 5.63. The molecule has 0 bridgehead atoms. The highest BCUT2D eigenvalue weighted by Gasteiger charge is 2.50. The van der Waals surface area contributed by atoms with Crippen LogP contribution in [-0.4, -0.2) is 29.9 Å². The van der Waals surface area contributed by atoms with Crippen LogP contribution in [0.25, 0.3) is 10.8 Å². The maximum atomic E-state index is 13.0. The lowest BCUT2D eigenvalue weighted by molar-refractivity contribution is -0.141. The van der Waals surface area contributed by atoms with Crippen molar-refractivity contribution in [2.75, 3.05) is 18.1 Å². The van der Waals surface area contributed by atoms with E-state index in [0.29, 0.717) is 35.8 Å². The number of nitrogens with zero attached hydrogens (tertiary/aromatic N) is 1. The van der Waals surface area contributed by atoms with Crippen LogP contribution in [0.15, 0.2) is 60.7 Å². The number of ether oxygens (including phenoxy) is 1. The van der Waals surface area contributed by atoms with Crippen molar-refractivity contribution in [3.63, 3.8) is 0 Å². The van der Waals surface area contributed by atoms with Gasteiger partial charge in [0.2, 0.25) is 0 Å². The monoisotopic (exact) mass is 423 g/mol. The number of Topliss-reactive ketones (excluding diaryl/α,β-unsaturated/α-hetero) is 1. The van der Waals surface area contributed by atoms with E-state index in [4.69, 9.17) is 16.3 Å². The number of benzene rings is 3. The highest BCUT2D eigenvalue weighted by Crippen LogP contribution is 2.46. The molecular formula is C24H22ClNO4. The van der Waals surface area contributed by atoms with E-state index in [0.717, 1.165) is 16.5 Å². The Morgan fingerprint density at radius 1 is 1.10 bits per heavy atom. The topological polar surface area (TPSA) is 66.8 Å². The highest BCUT2D eigenvalue weighted by molar-refractivity contribution is 6.35. The molecule has 1 atom stereocenters. The molecule has 154 valence electrons. The Bertz CT molecular complexity index is 1130. The number of fused-ring (bicyclic) bond motifs is 2. The van der Waals surface area contributed by atoms with E-state index >= 15 is 0 Å². The van der Waals surface area contributed by atoms with Gasteiger partial charge in [0.1, 0.15) is 11.5 Å². The first kappa shape index (κ1) is 20.4. The van der Waals surface area contributed by atoms with Crippen LogP contribution in [0, 0.1) is 0 Å². The standard InChI is InChI=1S/C24H22ClNO4/c1-16(27)15-24(29)20-8-4-9-21(25)22(20)26(23(24)28)12-5-13-30-19-11-10-17-6-2-3-7-18(17)14-19/h2-4,6-11,14,29H,5,12-13,15H2,1H3. The van der Waals surface area contributed by atoms with E-state index in [1.165, 1.54) is 11.8 Å². The zero-order valence-electron chi connectivity index (χ0n) is 16.6. The van der Waals surface area contributed by atoms with Gasteiger partial charge in [-0.3, -0.25) is 9.59 Å². The Balaban J connectivity index is 1.46. The van der Waals surface area contributed by atoms with Crippen LogP contribution in [0.3, 0.4) is 0 Å². The smallest absolute Gasteiger partial charge is 0.264 e. The fourth-order valence-electron chi connectivity index (χ4n) is 3.98. The third kappa shape index (κ3) is 3.66. The fraction of sp³-hybridized carbons (Fsp3) is 0.250. The molecule has 1 amide bonds. The molecule has 0 spiro atoms. The van der Waals surface area contributed by atoms with Gasteiger partial charge in [-0.1, -0.05) is 54.1 Å². The van der Waals surface area contributed by atoms with Gasteiger partial charge in [0, 0.05) is 18.5 Å². The van der Waals surface area contributed by atoms with E-state index in [-0.39, 0.29) is 12.2 Å². The average molecular weight is 424 g/mol. The number of carbonyl (C=O) groups is 2. The Hall–Kier alpha value is -2.89. The summed E-state index contributed by atoms with van der Waals surface area (Å²) in [6, 6.07) is 18.9. The molecule has 0 radical (unpaired) electrons. The second-order valence-electron chi connectivity index (χ2n) is 7.54. The predicted octanol–water partition coefficient (Wildman–Crippen LogP) is 4.48. The third-order valence-electron chi connectivity index (χ3n) is 5.32. The summed E-state index contributed by atoms with van der Waals surface area (Å²) in [6.45, 7) is 2.08. The minimum Gasteiger partial charge on any atom is -0.494 e. The summed E-state index contributed by atoms with van der Waals surface area (Å²) >= 11 is 6.34. The van der Waals surface area contributed by atoms with E-state index in [2.05, 4.69) is 0 Å². The van der Waals surface area contributed by atoms with Crippen LogP contribution >= 0.6 is 11.6 Å². The number of ketones is 1. The molecule has 4 rings (SSSR count). The van der Waals surface area contributed by atoms with Crippen LogP contribution in [0.1, 0.15) is 25.3 Å². The molecule has 0 saturated carbocycles. The second kappa shape index (κ2) is 8.09. The quantitative estimate of drug-likeness (QED) is 0.569. The minimum absolute atomic E-state index is 0.265. The Morgan fingerprint density at radius 2 is 1.87 bits per heavy atom. The highest BCUT2D eigenvalue weighted by atomic mass is 35.5. The SMILES string of the molecule is CC(=O)CC1(O)C(=O)N(CCCOc2ccc3ccccc3c2)c2c(Cl)cccc21. The van der Waals surface area contributed by atoms with E-state index in [1.54, 1.807) is 18.2 Å². The van der Waals surface area contributed by atoms with Crippen molar-refractivity contribution in [2.45, 2.75) is 25.4 Å². The number of aliphatic hydroxyl groups is 1. The van der Waals surface area contributed by atoms with Gasteiger partial charge in [-0.15, -0.1) is 0 Å². The molecule has 1 unspecified atom stereocenters. The van der Waals surface area contributed by atoms with E-state index in [1.807, 2.05) is 42.5 Å². The largest absolute Gasteiger partial charge is 0.494 e. The molecule has 30 heavy (non-hydrogen) atoms. The first-order valence-electron chi connectivity index (χ1n) is 9.84. The Labute approximate surface area is 179 Å². The maximum Gasteiger partial charge on any atom is 0.264 e. The fourth-order valence-corrected chi connectivity index (χ4v) is 4.25. The van der Waals surface area contributed by atoms with Crippen molar-refractivity contribution >= 4 is 39.8 Å². The molecule has 1 N–H and O–H groups in total. The molecule has 0 aliphatic carbocycles. The van der Waals surface area contributed by atoms with Crippen LogP contribution < -0.4 is 9.64 Å². The Morgan fingerprint density at radius 3 is 2.63 bits per heavy atom. The summed E-state index contributed by atoms with van der Waals surface area (Å²) in [4.78, 5) is 26.1. The molecule has 6 heteroatoms. The van der Waals surface area contributed by atoms with E-state index < -0.39 is 11.5 Å². The van der Waals surface area contributed by atoms with Crippen LogP contribution in [0.4, 0.5) is 5.69 Å². The molecular weight excluding hydrogens is 402 g/mol. The molecule has 5 nitrogen and oxygen atoms in total. The van der Waals surface area contributed by atoms with Gasteiger partial charge in [0.05, 0.1) is 17.3 Å². The number of carbonyl (C=O) groups excluding carboxylic acids is 2. The maximum absolute atomic E-state index is 13.0. The Kier molecular flexibility index (Phi) is 5.50. The molecule has 1 aliphatic rings. The normalized spacial score (nSPS) is 18.0. The zero-order chi connectivity index (χ0) is 21.3. The van der Waals surface area contributed by atoms with Gasteiger partial charge >= 0.3 is 0 Å². The number of halogens is 1. The number of amides is 1. The first-order valence-corrected chi connectivity index (χ1v) is 10.2.